The Hall–Kier alpha value is -2.98. The van der Waals surface area contributed by atoms with Gasteiger partial charge in [0.15, 0.2) is 11.5 Å². The van der Waals surface area contributed by atoms with E-state index in [0.29, 0.717) is 34.4 Å². The van der Waals surface area contributed by atoms with E-state index in [4.69, 9.17) is 30.5 Å². The number of nitrogens with one attached hydrogen (secondary N) is 1. The van der Waals surface area contributed by atoms with Crippen LogP contribution in [0.15, 0.2) is 59.7 Å². The second kappa shape index (κ2) is 11.6. The molecule has 10 heteroatoms. The minimum absolute atomic E-state index is 0.133. The molecule has 0 aromatic heterocycles. The van der Waals surface area contributed by atoms with E-state index in [9.17, 15) is 4.79 Å². The van der Waals surface area contributed by atoms with Gasteiger partial charge in [0.1, 0.15) is 13.4 Å². The third-order valence-corrected chi connectivity index (χ3v) is 7.89. The molecule has 198 valence electrons. The Bertz CT molecular complexity index is 1340. The van der Waals surface area contributed by atoms with E-state index in [0.717, 1.165) is 24.0 Å². The van der Waals surface area contributed by atoms with Gasteiger partial charge in [0.2, 0.25) is 0 Å². The van der Waals surface area contributed by atoms with Crippen molar-refractivity contribution in [2.24, 2.45) is 0 Å². The number of hydrogen-bond acceptors (Lipinski definition) is 5. The van der Waals surface area contributed by atoms with Crippen LogP contribution >= 0.6 is 11.6 Å². The van der Waals surface area contributed by atoms with Crippen LogP contribution in [-0.4, -0.2) is 55.6 Å². The first-order chi connectivity index (χ1) is 17.6. The normalized spacial score (nSPS) is 12.7. The number of nitrogens with zero attached hydrogens (tertiary/aromatic N) is 2. The summed E-state index contributed by atoms with van der Waals surface area (Å²) in [5.74, 6) is 1.11. The Morgan fingerprint density at radius 3 is 2.43 bits per heavy atom. The first kappa shape index (κ1) is 27.1. The molecule has 2 heterocycles. The number of halogens is 1. The molecule has 0 radical (unpaired) electrons. The van der Waals surface area contributed by atoms with E-state index in [2.05, 4.69) is 24.7 Å². The number of H-pyrrole nitrogens is 1. The van der Waals surface area contributed by atoms with Gasteiger partial charge in [0, 0.05) is 38.2 Å². The summed E-state index contributed by atoms with van der Waals surface area (Å²) in [6.07, 6.45) is 3.40. The molecule has 0 saturated carbocycles. The van der Waals surface area contributed by atoms with Crippen molar-refractivity contribution < 1.29 is 18.9 Å². The fourth-order valence-electron chi connectivity index (χ4n) is 3.72. The van der Waals surface area contributed by atoms with Gasteiger partial charge in [-0.05, 0) is 49.4 Å². The zero-order valence-corrected chi connectivity index (χ0v) is 23.7. The summed E-state index contributed by atoms with van der Waals surface area (Å²) in [6.45, 7) is 10.2. The molecule has 0 amide bonds. The van der Waals surface area contributed by atoms with E-state index in [-0.39, 0.29) is 18.5 Å². The van der Waals surface area contributed by atoms with Crippen LogP contribution in [0.4, 0.5) is 0 Å². The molecule has 0 spiro atoms. The monoisotopic (exact) mass is 543 g/mol. The second-order valence-electron chi connectivity index (χ2n) is 10.2. The number of fused-ring (bicyclic) bond motifs is 1. The van der Waals surface area contributed by atoms with Gasteiger partial charge in [-0.25, -0.2) is 0 Å². The molecule has 1 atom stereocenters. The van der Waals surface area contributed by atoms with Crippen LogP contribution in [0.1, 0.15) is 6.92 Å². The maximum absolute atomic E-state index is 13.1. The molecule has 8 nitrogen and oxygen atoms in total. The summed E-state index contributed by atoms with van der Waals surface area (Å²) in [7, 11) is 0.466. The van der Waals surface area contributed by atoms with Gasteiger partial charge in [-0.1, -0.05) is 31.2 Å². The maximum Gasteiger partial charge on any atom is 0.266 e. The Kier molecular flexibility index (Phi) is 8.48. The zero-order valence-electron chi connectivity index (χ0n) is 21.9. The van der Waals surface area contributed by atoms with Crippen LogP contribution in [0, 0.1) is 0 Å². The van der Waals surface area contributed by atoms with E-state index in [1.54, 1.807) is 53.0 Å². The molecular formula is C27H34ClN3O5Si. The highest BCUT2D eigenvalue weighted by atomic mass is 35.5. The van der Waals surface area contributed by atoms with Gasteiger partial charge >= 0.3 is 0 Å². The second-order valence-corrected chi connectivity index (χ2v) is 16.2. The molecule has 2 aliphatic heterocycles. The minimum atomic E-state index is -1.11. The van der Waals surface area contributed by atoms with Crippen LogP contribution in [0.2, 0.25) is 30.7 Å². The third kappa shape index (κ3) is 6.87. The number of ether oxygens (including phenoxy) is 4. The lowest BCUT2D eigenvalue weighted by atomic mass is 10.2. The quantitative estimate of drug-likeness (QED) is 0.138. The SMILES string of the molecule is COc1cc(-n2cc3[nH]n(-c4ccc(Cl)cc4)cc-3c2=O)ccc1OCC(C)OCOCC[Si](C)(C)C. The number of methoxy groups -OCH3 is 1. The summed E-state index contributed by atoms with van der Waals surface area (Å²) < 4.78 is 26.2. The molecular weight excluding hydrogens is 510 g/mol. The Morgan fingerprint density at radius 2 is 1.76 bits per heavy atom. The van der Waals surface area contributed by atoms with Crippen molar-refractivity contribution in [2.75, 3.05) is 27.1 Å². The fourth-order valence-corrected chi connectivity index (χ4v) is 4.60. The average molecular weight is 544 g/mol. The highest BCUT2D eigenvalue weighted by molar-refractivity contribution is 6.76. The number of aromatic amines is 1. The van der Waals surface area contributed by atoms with E-state index < -0.39 is 8.07 Å². The van der Waals surface area contributed by atoms with Crippen LogP contribution in [-0.2, 0) is 9.47 Å². The van der Waals surface area contributed by atoms with Crippen molar-refractivity contribution in [3.05, 3.63) is 70.2 Å². The summed E-state index contributed by atoms with van der Waals surface area (Å²) in [6, 6.07) is 13.9. The number of aromatic nitrogens is 3. The van der Waals surface area contributed by atoms with Crippen molar-refractivity contribution in [3.63, 3.8) is 0 Å². The van der Waals surface area contributed by atoms with Gasteiger partial charge < -0.3 is 18.9 Å². The number of hydrogen-bond donors (Lipinski definition) is 1. The molecule has 1 unspecified atom stereocenters. The lowest BCUT2D eigenvalue weighted by Crippen LogP contribution is -2.23. The van der Waals surface area contributed by atoms with Crippen LogP contribution in [0.3, 0.4) is 0 Å². The number of benzene rings is 2. The van der Waals surface area contributed by atoms with E-state index in [1.807, 2.05) is 25.1 Å². The summed E-state index contributed by atoms with van der Waals surface area (Å²) >= 11 is 5.98. The van der Waals surface area contributed by atoms with E-state index in [1.165, 1.54) is 0 Å². The van der Waals surface area contributed by atoms with Gasteiger partial charge in [0.05, 0.1) is 35.8 Å². The minimum Gasteiger partial charge on any atom is -0.493 e. The summed E-state index contributed by atoms with van der Waals surface area (Å²) in [5.41, 5.74) is 2.72. The molecule has 37 heavy (non-hydrogen) atoms. The largest absolute Gasteiger partial charge is 0.493 e. The number of rotatable bonds is 12. The first-order valence-corrected chi connectivity index (χ1v) is 16.3. The topological polar surface area (TPSA) is 79.6 Å². The van der Waals surface area contributed by atoms with Crippen LogP contribution in [0.5, 0.6) is 11.5 Å². The van der Waals surface area contributed by atoms with Crippen molar-refractivity contribution in [1.82, 2.24) is 14.3 Å². The molecule has 0 aliphatic carbocycles. The van der Waals surface area contributed by atoms with Crippen molar-refractivity contribution in [2.45, 2.75) is 38.7 Å². The molecule has 0 fully saturated rings. The molecule has 2 aromatic carbocycles. The predicted molar refractivity (Wildman–Crippen MR) is 149 cm³/mol. The highest BCUT2D eigenvalue weighted by Crippen LogP contribution is 2.31. The highest BCUT2D eigenvalue weighted by Gasteiger charge is 2.19. The van der Waals surface area contributed by atoms with Crippen LogP contribution in [0.25, 0.3) is 22.6 Å². The molecule has 0 saturated heterocycles. The van der Waals surface area contributed by atoms with Crippen molar-refractivity contribution in [1.29, 1.82) is 0 Å². The Morgan fingerprint density at radius 1 is 1.03 bits per heavy atom. The zero-order chi connectivity index (χ0) is 26.6. The average Bonchev–Trinajstić information content (AvgIpc) is 3.41. The Labute approximate surface area is 223 Å². The van der Waals surface area contributed by atoms with Crippen LogP contribution < -0.4 is 15.0 Å². The first-order valence-electron chi connectivity index (χ1n) is 12.2. The third-order valence-electron chi connectivity index (χ3n) is 5.93. The summed E-state index contributed by atoms with van der Waals surface area (Å²) in [5, 5.41) is 3.90. The molecule has 4 rings (SSSR count). The van der Waals surface area contributed by atoms with Gasteiger partial charge in [-0.15, -0.1) is 0 Å². The lowest BCUT2D eigenvalue weighted by Gasteiger charge is -2.18. The van der Waals surface area contributed by atoms with Crippen molar-refractivity contribution >= 4 is 19.7 Å². The van der Waals surface area contributed by atoms with Gasteiger partial charge in [-0.2, -0.15) is 0 Å². The van der Waals surface area contributed by atoms with E-state index >= 15 is 0 Å². The Balaban J connectivity index is 1.40. The summed E-state index contributed by atoms with van der Waals surface area (Å²) in [4.78, 5) is 13.1. The maximum atomic E-state index is 13.1. The molecule has 2 aliphatic rings. The molecule has 1 N–H and O–H groups in total. The standard InChI is InChI=1S/C27H34ClN3O5Si/c1-19(36-18-34-12-13-37(3,4)5)17-35-25-11-10-22(14-26(25)33-2)30-16-24-23(27(30)32)15-31(29-24)21-8-6-20(28)7-9-21/h6-11,14-16,19,29H,12-13,17-18H2,1-5H3. The lowest BCUT2D eigenvalue weighted by molar-refractivity contribution is -0.0904. The van der Waals surface area contributed by atoms with Gasteiger partial charge in [0.25, 0.3) is 5.56 Å². The van der Waals surface area contributed by atoms with Crippen molar-refractivity contribution in [3.8, 4) is 34.1 Å². The fraction of sp³-hybridized carbons (Fsp3) is 0.370. The van der Waals surface area contributed by atoms with Gasteiger partial charge in [-0.3, -0.25) is 19.1 Å². The smallest absolute Gasteiger partial charge is 0.266 e. The molecule has 0 bridgehead atoms. The molecule has 2 aromatic rings. The predicted octanol–water partition coefficient (Wildman–Crippen LogP) is 5.82.